The number of H-pyrrole nitrogens is 1. The highest BCUT2D eigenvalue weighted by atomic mass is 16.2. The van der Waals surface area contributed by atoms with E-state index in [2.05, 4.69) is 20.6 Å². The Morgan fingerprint density at radius 1 is 0.963 bits per heavy atom. The number of nitrogens with one attached hydrogen (secondary N) is 3. The molecule has 1 aromatic heterocycles. The number of hydrogen-bond donors (Lipinski definition) is 3. The van der Waals surface area contributed by atoms with Crippen molar-refractivity contribution >= 4 is 23.3 Å². The number of aromatic amines is 1. The number of carbonyl (C=O) groups is 2. The van der Waals surface area contributed by atoms with Crippen molar-refractivity contribution in [2.45, 2.75) is 13.0 Å². The smallest absolute Gasteiger partial charge is 0.323 e. The third-order valence-corrected chi connectivity index (χ3v) is 4.48. The molecule has 27 heavy (non-hydrogen) atoms. The van der Waals surface area contributed by atoms with Crippen LogP contribution in [-0.4, -0.2) is 33.4 Å². The van der Waals surface area contributed by atoms with E-state index in [1.807, 2.05) is 30.3 Å². The Balaban J connectivity index is 1.37. The van der Waals surface area contributed by atoms with Crippen LogP contribution >= 0.6 is 0 Å². The Morgan fingerprint density at radius 3 is 2.41 bits per heavy atom. The first-order valence-electron chi connectivity index (χ1n) is 8.72. The monoisotopic (exact) mass is 361 g/mol. The summed E-state index contributed by atoms with van der Waals surface area (Å²) in [6.07, 6.45) is 2.42. The minimum absolute atomic E-state index is 0.0319. The van der Waals surface area contributed by atoms with Crippen LogP contribution in [0.2, 0.25) is 0 Å². The van der Waals surface area contributed by atoms with Gasteiger partial charge in [-0.05, 0) is 36.4 Å². The van der Waals surface area contributed by atoms with E-state index in [-0.39, 0.29) is 11.9 Å². The van der Waals surface area contributed by atoms with Crippen molar-refractivity contribution < 1.29 is 9.59 Å². The van der Waals surface area contributed by atoms with E-state index in [0.29, 0.717) is 30.0 Å². The number of amides is 3. The summed E-state index contributed by atoms with van der Waals surface area (Å²) in [6, 6.07) is 15.8. The number of nitrogens with zero attached hydrogens (tertiary/aromatic N) is 2. The Kier molecular flexibility index (Phi) is 4.57. The number of carbonyl (C=O) groups excluding carboxylic acids is 2. The summed E-state index contributed by atoms with van der Waals surface area (Å²) in [5.74, 6) is -0.0319. The van der Waals surface area contributed by atoms with Gasteiger partial charge in [0, 0.05) is 29.9 Å². The quantitative estimate of drug-likeness (QED) is 0.669. The lowest BCUT2D eigenvalue weighted by atomic mass is 10.1. The molecule has 0 spiro atoms. The molecule has 0 aliphatic carbocycles. The van der Waals surface area contributed by atoms with Gasteiger partial charge in [-0.15, -0.1) is 0 Å². The van der Waals surface area contributed by atoms with Gasteiger partial charge in [-0.2, -0.15) is 0 Å². The van der Waals surface area contributed by atoms with E-state index >= 15 is 0 Å². The van der Waals surface area contributed by atoms with Crippen LogP contribution in [0.15, 0.2) is 60.9 Å². The summed E-state index contributed by atoms with van der Waals surface area (Å²) in [7, 11) is 0. The molecule has 0 radical (unpaired) electrons. The number of imidazole rings is 1. The van der Waals surface area contributed by atoms with E-state index in [9.17, 15) is 9.59 Å². The Hall–Kier alpha value is -3.61. The maximum absolute atomic E-state index is 12.7. The van der Waals surface area contributed by atoms with Gasteiger partial charge in [0.2, 0.25) is 0 Å². The first kappa shape index (κ1) is 16.8. The number of aromatic nitrogens is 2. The van der Waals surface area contributed by atoms with Crippen molar-refractivity contribution in [2.24, 2.45) is 0 Å². The average molecular weight is 361 g/mol. The zero-order chi connectivity index (χ0) is 18.6. The number of benzene rings is 2. The van der Waals surface area contributed by atoms with Crippen molar-refractivity contribution in [3.63, 3.8) is 0 Å². The highest BCUT2D eigenvalue weighted by Crippen LogP contribution is 2.18. The van der Waals surface area contributed by atoms with E-state index < -0.39 is 0 Å². The molecule has 2 heterocycles. The van der Waals surface area contributed by atoms with Gasteiger partial charge in [0.1, 0.15) is 0 Å². The van der Waals surface area contributed by atoms with Gasteiger partial charge in [-0.3, -0.25) is 4.79 Å². The van der Waals surface area contributed by atoms with Crippen LogP contribution in [0.3, 0.4) is 0 Å². The number of fused-ring (bicyclic) bond motifs is 1. The van der Waals surface area contributed by atoms with Gasteiger partial charge >= 0.3 is 6.03 Å². The number of rotatable bonds is 3. The molecular formula is C20H19N5O2. The zero-order valence-electron chi connectivity index (χ0n) is 14.6. The molecule has 3 amide bonds. The van der Waals surface area contributed by atoms with Gasteiger partial charge < -0.3 is 20.5 Å². The highest BCUT2D eigenvalue weighted by Gasteiger charge is 2.23. The van der Waals surface area contributed by atoms with E-state index in [1.165, 1.54) is 0 Å². The third kappa shape index (κ3) is 3.82. The number of hydrogen-bond acceptors (Lipinski definition) is 3. The van der Waals surface area contributed by atoms with Crippen LogP contribution in [0.25, 0.3) is 0 Å². The summed E-state index contributed by atoms with van der Waals surface area (Å²) in [5.41, 5.74) is 3.94. The first-order chi connectivity index (χ1) is 13.2. The van der Waals surface area contributed by atoms with Gasteiger partial charge in [0.05, 0.1) is 24.3 Å². The fraction of sp³-hybridized carbons (Fsp3) is 0.150. The summed E-state index contributed by atoms with van der Waals surface area (Å²) < 4.78 is 0. The summed E-state index contributed by atoms with van der Waals surface area (Å²) in [6.45, 7) is 1.18. The maximum atomic E-state index is 12.7. The largest absolute Gasteiger partial charge is 0.347 e. The minimum Gasteiger partial charge on any atom is -0.347 e. The van der Waals surface area contributed by atoms with Crippen LogP contribution < -0.4 is 10.6 Å². The molecule has 2 aromatic carbocycles. The molecule has 0 atom stereocenters. The molecule has 0 saturated heterocycles. The van der Waals surface area contributed by atoms with Crippen molar-refractivity contribution in [3.05, 3.63) is 77.9 Å². The minimum atomic E-state index is -0.330. The molecule has 3 N–H and O–H groups in total. The molecule has 1 aliphatic rings. The molecular weight excluding hydrogens is 342 g/mol. The zero-order valence-corrected chi connectivity index (χ0v) is 14.6. The van der Waals surface area contributed by atoms with E-state index in [1.54, 1.807) is 35.5 Å². The van der Waals surface area contributed by atoms with Gasteiger partial charge in [0.15, 0.2) is 0 Å². The molecule has 1 aliphatic heterocycles. The Labute approximate surface area is 156 Å². The molecule has 0 saturated carbocycles. The van der Waals surface area contributed by atoms with Gasteiger partial charge in [0.25, 0.3) is 5.91 Å². The normalized spacial score (nSPS) is 13.0. The van der Waals surface area contributed by atoms with E-state index in [0.717, 1.165) is 17.8 Å². The molecule has 7 heteroatoms. The van der Waals surface area contributed by atoms with Crippen LogP contribution in [0.5, 0.6) is 0 Å². The molecule has 0 unspecified atom stereocenters. The SMILES string of the molecule is O=C(Nc1ccccc1)Nc1ccc(C(=O)N2CCc3nc[nH]c3C2)cc1. The Bertz CT molecular complexity index is 950. The van der Waals surface area contributed by atoms with Crippen molar-refractivity contribution in [1.29, 1.82) is 0 Å². The first-order valence-corrected chi connectivity index (χ1v) is 8.72. The summed E-state index contributed by atoms with van der Waals surface area (Å²) >= 11 is 0. The van der Waals surface area contributed by atoms with Crippen LogP contribution in [0, 0.1) is 0 Å². The molecule has 0 fully saturated rings. The lowest BCUT2D eigenvalue weighted by Crippen LogP contribution is -2.36. The summed E-state index contributed by atoms with van der Waals surface area (Å²) in [5, 5.41) is 5.51. The lowest BCUT2D eigenvalue weighted by Gasteiger charge is -2.26. The standard InChI is InChI=1S/C20H19N5O2/c26-19(25-11-10-17-18(12-25)22-13-21-17)14-6-8-16(9-7-14)24-20(27)23-15-4-2-1-3-5-15/h1-9,13H,10-12H2,(H,21,22)(H2,23,24,27). The predicted molar refractivity (Wildman–Crippen MR) is 103 cm³/mol. The fourth-order valence-corrected chi connectivity index (χ4v) is 3.08. The molecule has 136 valence electrons. The fourth-order valence-electron chi connectivity index (χ4n) is 3.08. The Morgan fingerprint density at radius 2 is 1.67 bits per heavy atom. The predicted octanol–water partition coefficient (Wildman–Crippen LogP) is 3.25. The second kappa shape index (κ2) is 7.33. The average Bonchev–Trinajstić information content (AvgIpc) is 3.16. The highest BCUT2D eigenvalue weighted by molar-refractivity contribution is 6.00. The number of urea groups is 1. The van der Waals surface area contributed by atoms with Crippen LogP contribution in [0.4, 0.5) is 16.2 Å². The van der Waals surface area contributed by atoms with Crippen molar-refractivity contribution in [3.8, 4) is 0 Å². The van der Waals surface area contributed by atoms with Crippen LogP contribution in [-0.2, 0) is 13.0 Å². The second-order valence-electron chi connectivity index (χ2n) is 6.33. The molecule has 4 rings (SSSR count). The molecule has 7 nitrogen and oxygen atoms in total. The maximum Gasteiger partial charge on any atom is 0.323 e. The van der Waals surface area contributed by atoms with Crippen LogP contribution in [0.1, 0.15) is 21.7 Å². The lowest BCUT2D eigenvalue weighted by molar-refractivity contribution is 0.0732. The molecule has 0 bridgehead atoms. The van der Waals surface area contributed by atoms with Gasteiger partial charge in [-0.25, -0.2) is 9.78 Å². The topological polar surface area (TPSA) is 90.1 Å². The third-order valence-electron chi connectivity index (χ3n) is 4.48. The second-order valence-corrected chi connectivity index (χ2v) is 6.33. The van der Waals surface area contributed by atoms with Gasteiger partial charge in [-0.1, -0.05) is 18.2 Å². The number of anilines is 2. The number of para-hydroxylation sites is 1. The van der Waals surface area contributed by atoms with Crippen molar-refractivity contribution in [1.82, 2.24) is 14.9 Å². The van der Waals surface area contributed by atoms with E-state index in [4.69, 9.17) is 0 Å². The summed E-state index contributed by atoms with van der Waals surface area (Å²) in [4.78, 5) is 33.9. The van der Waals surface area contributed by atoms with Crippen molar-refractivity contribution in [2.75, 3.05) is 17.2 Å². The molecule has 3 aromatic rings.